The quantitative estimate of drug-likeness (QED) is 0.798. The molecule has 1 saturated heterocycles. The van der Waals surface area contributed by atoms with Crippen molar-refractivity contribution in [2.45, 2.75) is 44.4 Å². The summed E-state index contributed by atoms with van der Waals surface area (Å²) in [5, 5.41) is 2.86. The number of allylic oxidation sites excluding steroid dienone is 2. The molecular weight excluding hydrogens is 348 g/mol. The van der Waals surface area contributed by atoms with Gasteiger partial charge in [-0.15, -0.1) is 0 Å². The van der Waals surface area contributed by atoms with Crippen molar-refractivity contribution in [2.75, 3.05) is 18.4 Å². The first kappa shape index (κ1) is 19.1. The number of carbonyl (C=O) groups is 1. The Hall–Kier alpha value is -1.66. The molecule has 5 nitrogen and oxygen atoms in total. The molecule has 0 aromatic heterocycles. The van der Waals surface area contributed by atoms with E-state index in [-0.39, 0.29) is 10.8 Å². The number of anilines is 1. The summed E-state index contributed by atoms with van der Waals surface area (Å²) in [7, 11) is -3.48. The summed E-state index contributed by atoms with van der Waals surface area (Å²) >= 11 is 0. The summed E-state index contributed by atoms with van der Waals surface area (Å²) in [5.74, 6) is 1.03. The number of nitrogens with one attached hydrogen (secondary N) is 1. The lowest BCUT2D eigenvalue weighted by molar-refractivity contribution is -0.116. The SMILES string of the molecule is CC1CC(C)CN(S(=O)(=O)c2ccc(NC(=O)CC3C=CCC3)cc2)C1. The molecule has 1 aliphatic carbocycles. The first-order valence-corrected chi connectivity index (χ1v) is 10.9. The molecule has 1 fully saturated rings. The van der Waals surface area contributed by atoms with E-state index in [2.05, 4.69) is 31.3 Å². The molecular formula is C20H28N2O3S. The number of nitrogens with zero attached hydrogens (tertiary/aromatic N) is 1. The number of carbonyl (C=O) groups excluding carboxylic acids is 1. The van der Waals surface area contributed by atoms with E-state index in [1.807, 2.05) is 0 Å². The second-order valence-electron chi connectivity index (χ2n) is 7.81. The minimum atomic E-state index is -3.48. The highest BCUT2D eigenvalue weighted by Crippen LogP contribution is 2.27. The smallest absolute Gasteiger partial charge is 0.243 e. The Kier molecular flexibility index (Phi) is 5.82. The van der Waals surface area contributed by atoms with Crippen LogP contribution in [0, 0.1) is 17.8 Å². The fourth-order valence-corrected chi connectivity index (χ4v) is 5.66. The molecule has 3 rings (SSSR count). The molecule has 1 heterocycles. The van der Waals surface area contributed by atoms with Crippen molar-refractivity contribution in [1.29, 1.82) is 0 Å². The number of benzene rings is 1. The van der Waals surface area contributed by atoms with Crippen LogP contribution in [0.15, 0.2) is 41.3 Å². The average Bonchev–Trinajstić information content (AvgIpc) is 3.07. The van der Waals surface area contributed by atoms with E-state index in [0.717, 1.165) is 19.3 Å². The predicted molar refractivity (Wildman–Crippen MR) is 103 cm³/mol. The van der Waals surface area contributed by atoms with Crippen molar-refractivity contribution in [3.05, 3.63) is 36.4 Å². The second-order valence-corrected chi connectivity index (χ2v) is 9.75. The lowest BCUT2D eigenvalue weighted by atomic mass is 9.94. The number of amides is 1. The fourth-order valence-electron chi connectivity index (χ4n) is 3.98. The standard InChI is InChI=1S/C20H28N2O3S/c1-15-11-16(2)14-22(13-15)26(24,25)19-9-7-18(8-10-19)21-20(23)12-17-5-3-4-6-17/h3,5,7-10,15-17H,4,6,11-14H2,1-2H3,(H,21,23). The van der Waals surface area contributed by atoms with Gasteiger partial charge in [-0.1, -0.05) is 26.0 Å². The summed E-state index contributed by atoms with van der Waals surface area (Å²) in [4.78, 5) is 12.4. The van der Waals surface area contributed by atoms with Crippen LogP contribution in [0.3, 0.4) is 0 Å². The maximum atomic E-state index is 12.9. The zero-order valence-corrected chi connectivity index (χ0v) is 16.3. The lowest BCUT2D eigenvalue weighted by Crippen LogP contribution is -2.42. The average molecular weight is 377 g/mol. The summed E-state index contributed by atoms with van der Waals surface area (Å²) in [5.41, 5.74) is 0.635. The van der Waals surface area contributed by atoms with Gasteiger partial charge in [0.05, 0.1) is 4.90 Å². The molecule has 1 amide bonds. The van der Waals surface area contributed by atoms with Gasteiger partial charge in [-0.2, -0.15) is 4.31 Å². The van der Waals surface area contributed by atoms with Crippen LogP contribution in [0.4, 0.5) is 5.69 Å². The number of hydrogen-bond donors (Lipinski definition) is 1. The minimum absolute atomic E-state index is 0.0316. The van der Waals surface area contributed by atoms with Crippen molar-refractivity contribution in [3.63, 3.8) is 0 Å². The van der Waals surface area contributed by atoms with Crippen molar-refractivity contribution < 1.29 is 13.2 Å². The molecule has 6 heteroatoms. The Morgan fingerprint density at radius 1 is 1.15 bits per heavy atom. The van der Waals surface area contributed by atoms with Gasteiger partial charge in [0.25, 0.3) is 0 Å². The number of hydrogen-bond acceptors (Lipinski definition) is 3. The van der Waals surface area contributed by atoms with Gasteiger partial charge in [0.2, 0.25) is 15.9 Å². The van der Waals surface area contributed by atoms with Crippen LogP contribution >= 0.6 is 0 Å². The molecule has 0 bridgehead atoms. The lowest BCUT2D eigenvalue weighted by Gasteiger charge is -2.34. The van der Waals surface area contributed by atoms with Crippen LogP contribution in [-0.2, 0) is 14.8 Å². The molecule has 1 N–H and O–H groups in total. The molecule has 1 aromatic rings. The van der Waals surface area contributed by atoms with Gasteiger partial charge in [0.1, 0.15) is 0 Å². The largest absolute Gasteiger partial charge is 0.326 e. The van der Waals surface area contributed by atoms with Crippen molar-refractivity contribution in [2.24, 2.45) is 17.8 Å². The zero-order valence-electron chi connectivity index (χ0n) is 15.5. The van der Waals surface area contributed by atoms with E-state index >= 15 is 0 Å². The van der Waals surface area contributed by atoms with Crippen LogP contribution in [0.25, 0.3) is 0 Å². The van der Waals surface area contributed by atoms with Crippen molar-refractivity contribution in [3.8, 4) is 0 Å². The van der Waals surface area contributed by atoms with Crippen molar-refractivity contribution >= 4 is 21.6 Å². The maximum absolute atomic E-state index is 12.9. The first-order chi connectivity index (χ1) is 12.3. The minimum Gasteiger partial charge on any atom is -0.326 e. The Morgan fingerprint density at radius 3 is 2.38 bits per heavy atom. The van der Waals surface area contributed by atoms with Gasteiger partial charge in [0, 0.05) is 25.2 Å². The van der Waals surface area contributed by atoms with Gasteiger partial charge in [-0.05, 0) is 61.3 Å². The fraction of sp³-hybridized carbons (Fsp3) is 0.550. The van der Waals surface area contributed by atoms with Gasteiger partial charge < -0.3 is 5.32 Å². The maximum Gasteiger partial charge on any atom is 0.243 e. The molecule has 1 aromatic carbocycles. The molecule has 1 aliphatic heterocycles. The Bertz CT molecular complexity index is 761. The number of rotatable bonds is 5. The topological polar surface area (TPSA) is 66.5 Å². The van der Waals surface area contributed by atoms with E-state index in [4.69, 9.17) is 0 Å². The van der Waals surface area contributed by atoms with E-state index < -0.39 is 10.0 Å². The molecule has 26 heavy (non-hydrogen) atoms. The first-order valence-electron chi connectivity index (χ1n) is 9.41. The van der Waals surface area contributed by atoms with E-state index in [1.165, 1.54) is 0 Å². The molecule has 0 saturated carbocycles. The highest BCUT2D eigenvalue weighted by Gasteiger charge is 2.31. The molecule has 3 unspecified atom stereocenters. The third-order valence-corrected chi connectivity index (χ3v) is 7.02. The molecule has 2 aliphatic rings. The number of piperidine rings is 1. The van der Waals surface area contributed by atoms with Gasteiger partial charge in [-0.25, -0.2) is 8.42 Å². The van der Waals surface area contributed by atoms with Crippen molar-refractivity contribution in [1.82, 2.24) is 4.31 Å². The highest BCUT2D eigenvalue weighted by atomic mass is 32.2. The molecule has 142 valence electrons. The Balaban J connectivity index is 1.64. The summed E-state index contributed by atoms with van der Waals surface area (Å²) in [6.45, 7) is 5.33. The Labute approximate surface area is 156 Å². The molecule has 3 atom stereocenters. The highest BCUT2D eigenvalue weighted by molar-refractivity contribution is 7.89. The van der Waals surface area contributed by atoms with Gasteiger partial charge >= 0.3 is 0 Å². The second kappa shape index (κ2) is 7.92. The van der Waals surface area contributed by atoms with Crippen LogP contribution < -0.4 is 5.32 Å². The van der Waals surface area contributed by atoms with Gasteiger partial charge in [-0.3, -0.25) is 4.79 Å². The van der Waals surface area contributed by atoms with Crippen LogP contribution in [-0.4, -0.2) is 31.7 Å². The third kappa shape index (κ3) is 4.54. The van der Waals surface area contributed by atoms with E-state index in [1.54, 1.807) is 28.6 Å². The number of sulfonamides is 1. The van der Waals surface area contributed by atoms with Crippen LogP contribution in [0.5, 0.6) is 0 Å². The predicted octanol–water partition coefficient (Wildman–Crippen LogP) is 3.65. The van der Waals surface area contributed by atoms with Crippen LogP contribution in [0.2, 0.25) is 0 Å². The van der Waals surface area contributed by atoms with E-state index in [0.29, 0.717) is 43.0 Å². The third-order valence-electron chi connectivity index (χ3n) is 5.17. The molecule has 0 radical (unpaired) electrons. The molecule has 0 spiro atoms. The normalized spacial score (nSPS) is 26.8. The summed E-state index contributed by atoms with van der Waals surface area (Å²) in [6.07, 6.45) is 7.80. The monoisotopic (exact) mass is 376 g/mol. The van der Waals surface area contributed by atoms with Crippen LogP contribution in [0.1, 0.15) is 39.5 Å². The Morgan fingerprint density at radius 2 is 1.81 bits per heavy atom. The van der Waals surface area contributed by atoms with Gasteiger partial charge in [0.15, 0.2) is 0 Å². The van der Waals surface area contributed by atoms with E-state index in [9.17, 15) is 13.2 Å². The summed E-state index contributed by atoms with van der Waals surface area (Å²) in [6, 6.07) is 6.52. The zero-order chi connectivity index (χ0) is 18.7. The summed E-state index contributed by atoms with van der Waals surface area (Å²) < 4.78 is 27.3.